The highest BCUT2D eigenvalue weighted by Crippen LogP contribution is 2.27. The fraction of sp³-hybridized carbons (Fsp3) is 1.00. The Balaban J connectivity index is 2.29. The Labute approximate surface area is 77.6 Å². The first-order valence-corrected chi connectivity index (χ1v) is 5.41. The molecule has 0 N–H and O–H groups in total. The number of rotatable bonds is 2. The van der Waals surface area contributed by atoms with E-state index in [1.807, 2.05) is 0 Å². The molecule has 0 aliphatic heterocycles. The molecule has 0 spiro atoms. The minimum atomic E-state index is 0.373. The van der Waals surface area contributed by atoms with Gasteiger partial charge in [0, 0.05) is 4.83 Å². The smallest absolute Gasteiger partial charge is 0.0703 e. The minimum Gasteiger partial charge on any atom is -0.374 e. The Morgan fingerprint density at radius 2 is 1.91 bits per heavy atom. The summed E-state index contributed by atoms with van der Waals surface area (Å²) in [4.78, 5) is 0.596. The maximum Gasteiger partial charge on any atom is 0.0703 e. The summed E-state index contributed by atoms with van der Waals surface area (Å²) in [6.45, 7) is 4.21. The number of hydrogen-bond donors (Lipinski definition) is 0. The first-order chi connectivity index (χ1) is 5.20. The van der Waals surface area contributed by atoms with Gasteiger partial charge >= 0.3 is 0 Å². The Kier molecular flexibility index (Phi) is 3.86. The molecule has 1 saturated carbocycles. The summed E-state index contributed by atoms with van der Waals surface area (Å²) in [7, 11) is 0. The molecule has 0 saturated heterocycles. The molecule has 11 heavy (non-hydrogen) atoms. The second kappa shape index (κ2) is 4.46. The van der Waals surface area contributed by atoms with Crippen molar-refractivity contribution in [1.29, 1.82) is 0 Å². The molecule has 1 aliphatic carbocycles. The summed E-state index contributed by atoms with van der Waals surface area (Å²) in [5, 5.41) is 0. The topological polar surface area (TPSA) is 9.23 Å². The van der Waals surface area contributed by atoms with Gasteiger partial charge in [-0.15, -0.1) is 0 Å². The molecule has 66 valence electrons. The number of hydrogen-bond acceptors (Lipinski definition) is 1. The molecule has 1 fully saturated rings. The van der Waals surface area contributed by atoms with Gasteiger partial charge in [0.25, 0.3) is 0 Å². The molecule has 0 amide bonds. The van der Waals surface area contributed by atoms with Gasteiger partial charge in [0.2, 0.25) is 0 Å². The average molecular weight is 221 g/mol. The van der Waals surface area contributed by atoms with Gasteiger partial charge in [0.1, 0.15) is 0 Å². The van der Waals surface area contributed by atoms with Crippen LogP contribution in [0.25, 0.3) is 0 Å². The monoisotopic (exact) mass is 220 g/mol. The van der Waals surface area contributed by atoms with E-state index in [4.69, 9.17) is 4.74 Å². The van der Waals surface area contributed by atoms with Crippen LogP contribution in [0.5, 0.6) is 0 Å². The zero-order valence-electron chi connectivity index (χ0n) is 7.35. The first-order valence-electron chi connectivity index (χ1n) is 4.49. The lowest BCUT2D eigenvalue weighted by Crippen LogP contribution is -2.30. The van der Waals surface area contributed by atoms with E-state index in [0.29, 0.717) is 17.0 Å². The van der Waals surface area contributed by atoms with Crippen LogP contribution in [-0.2, 0) is 4.74 Å². The van der Waals surface area contributed by atoms with Crippen LogP contribution in [-0.4, -0.2) is 17.0 Å². The highest BCUT2D eigenvalue weighted by atomic mass is 79.9. The molecule has 0 heterocycles. The predicted molar refractivity (Wildman–Crippen MR) is 51.2 cm³/mol. The Morgan fingerprint density at radius 3 is 2.45 bits per heavy atom. The fourth-order valence-corrected chi connectivity index (χ4v) is 2.27. The molecule has 2 heteroatoms. The zero-order valence-corrected chi connectivity index (χ0v) is 8.93. The summed E-state index contributed by atoms with van der Waals surface area (Å²) >= 11 is 3.66. The third kappa shape index (κ3) is 3.12. The molecular weight excluding hydrogens is 204 g/mol. The maximum atomic E-state index is 5.76. The van der Waals surface area contributed by atoms with Crippen LogP contribution in [0.15, 0.2) is 0 Å². The molecule has 0 aromatic rings. The summed E-state index contributed by atoms with van der Waals surface area (Å²) < 4.78 is 5.76. The molecule has 0 bridgehead atoms. The normalized spacial score (nSPS) is 32.7. The van der Waals surface area contributed by atoms with Gasteiger partial charge in [0.15, 0.2) is 0 Å². The fourth-order valence-electron chi connectivity index (χ4n) is 1.55. The lowest BCUT2D eigenvalue weighted by atomic mass is 9.97. The van der Waals surface area contributed by atoms with Crippen molar-refractivity contribution in [3.63, 3.8) is 0 Å². The van der Waals surface area contributed by atoms with Crippen molar-refractivity contribution >= 4 is 15.9 Å². The number of ether oxygens (including phenoxy) is 1. The molecule has 0 aromatic carbocycles. The Bertz CT molecular complexity index is 114. The summed E-state index contributed by atoms with van der Waals surface area (Å²) in [6.07, 6.45) is 6.03. The number of alkyl halides is 1. The van der Waals surface area contributed by atoms with Crippen molar-refractivity contribution in [2.75, 3.05) is 0 Å². The van der Waals surface area contributed by atoms with Crippen molar-refractivity contribution in [3.8, 4) is 0 Å². The van der Waals surface area contributed by atoms with Crippen LogP contribution in [0, 0.1) is 0 Å². The van der Waals surface area contributed by atoms with E-state index in [2.05, 4.69) is 29.8 Å². The summed E-state index contributed by atoms with van der Waals surface area (Å²) in [6, 6.07) is 0. The molecule has 0 unspecified atom stereocenters. The molecule has 0 radical (unpaired) electrons. The van der Waals surface area contributed by atoms with Crippen molar-refractivity contribution in [3.05, 3.63) is 0 Å². The quantitative estimate of drug-likeness (QED) is 0.651. The Morgan fingerprint density at radius 1 is 1.27 bits per heavy atom. The van der Waals surface area contributed by atoms with Crippen LogP contribution in [0.1, 0.15) is 39.5 Å². The largest absolute Gasteiger partial charge is 0.374 e. The van der Waals surface area contributed by atoms with Crippen LogP contribution < -0.4 is 0 Å². The van der Waals surface area contributed by atoms with Gasteiger partial charge in [-0.25, -0.2) is 0 Å². The third-order valence-corrected chi connectivity index (χ3v) is 3.12. The van der Waals surface area contributed by atoms with E-state index in [-0.39, 0.29) is 0 Å². The van der Waals surface area contributed by atoms with E-state index >= 15 is 0 Å². The molecular formula is C9H17BrO. The van der Waals surface area contributed by atoms with E-state index in [1.54, 1.807) is 0 Å². The standard InChI is InChI=1S/C9H17BrO/c1-7(2)11-9-6-4-3-5-8(9)10/h7-9H,3-6H2,1-2H3/t8-,9-/m0/s1. The van der Waals surface area contributed by atoms with Gasteiger partial charge in [-0.2, -0.15) is 0 Å². The zero-order chi connectivity index (χ0) is 8.27. The van der Waals surface area contributed by atoms with Gasteiger partial charge < -0.3 is 4.74 Å². The van der Waals surface area contributed by atoms with Crippen molar-refractivity contribution in [1.82, 2.24) is 0 Å². The van der Waals surface area contributed by atoms with Crippen LogP contribution in [0.4, 0.5) is 0 Å². The second-order valence-electron chi connectivity index (χ2n) is 3.52. The summed E-state index contributed by atoms with van der Waals surface area (Å²) in [5.74, 6) is 0. The lowest BCUT2D eigenvalue weighted by molar-refractivity contribution is -0.00664. The second-order valence-corrected chi connectivity index (χ2v) is 4.70. The molecule has 1 rings (SSSR count). The van der Waals surface area contributed by atoms with E-state index in [0.717, 1.165) is 0 Å². The summed E-state index contributed by atoms with van der Waals surface area (Å²) in [5.41, 5.74) is 0. The average Bonchev–Trinajstić information content (AvgIpc) is 1.93. The maximum absolute atomic E-state index is 5.76. The molecule has 1 aliphatic rings. The van der Waals surface area contributed by atoms with Crippen LogP contribution in [0.3, 0.4) is 0 Å². The van der Waals surface area contributed by atoms with Gasteiger partial charge in [-0.05, 0) is 26.7 Å². The lowest BCUT2D eigenvalue weighted by Gasteiger charge is -2.28. The number of halogens is 1. The van der Waals surface area contributed by atoms with Gasteiger partial charge in [0.05, 0.1) is 12.2 Å². The predicted octanol–water partition coefficient (Wildman–Crippen LogP) is 3.12. The van der Waals surface area contributed by atoms with Crippen molar-refractivity contribution in [2.45, 2.75) is 56.6 Å². The van der Waals surface area contributed by atoms with E-state index in [9.17, 15) is 0 Å². The SMILES string of the molecule is CC(C)O[C@H]1CCCC[C@@H]1Br. The molecule has 0 aromatic heterocycles. The first kappa shape index (κ1) is 9.53. The van der Waals surface area contributed by atoms with E-state index in [1.165, 1.54) is 25.7 Å². The van der Waals surface area contributed by atoms with E-state index < -0.39 is 0 Å². The highest BCUT2D eigenvalue weighted by Gasteiger charge is 2.23. The van der Waals surface area contributed by atoms with Crippen molar-refractivity contribution in [2.24, 2.45) is 0 Å². The highest BCUT2D eigenvalue weighted by molar-refractivity contribution is 9.09. The van der Waals surface area contributed by atoms with Crippen LogP contribution in [0.2, 0.25) is 0 Å². The Hall–Kier alpha value is 0.440. The van der Waals surface area contributed by atoms with Crippen LogP contribution >= 0.6 is 15.9 Å². The molecule has 1 nitrogen and oxygen atoms in total. The minimum absolute atomic E-state index is 0.373. The van der Waals surface area contributed by atoms with Crippen molar-refractivity contribution < 1.29 is 4.74 Å². The third-order valence-electron chi connectivity index (χ3n) is 2.07. The van der Waals surface area contributed by atoms with Gasteiger partial charge in [-0.3, -0.25) is 0 Å². The molecule has 2 atom stereocenters. The van der Waals surface area contributed by atoms with Gasteiger partial charge in [-0.1, -0.05) is 28.8 Å².